The van der Waals surface area contributed by atoms with Crippen molar-refractivity contribution in [3.8, 4) is 11.3 Å². The summed E-state index contributed by atoms with van der Waals surface area (Å²) in [4.78, 5) is 24.2. The number of fused-ring (bicyclic) bond motifs is 3. The van der Waals surface area contributed by atoms with Gasteiger partial charge in [0.25, 0.3) is 0 Å². The number of hydrogen-bond donors (Lipinski definition) is 4. The summed E-state index contributed by atoms with van der Waals surface area (Å²) in [7, 11) is 0. The SMILES string of the molecule is Nc1nc2cc(-c3ccn[nH]3)ccc2c2nc(CNC(=O)C3CC3)[nH]c12. The molecule has 0 spiro atoms. The topological polar surface area (TPSA) is 125 Å². The normalized spacial score (nSPS) is 14.2. The molecule has 1 aliphatic carbocycles. The zero-order valence-electron chi connectivity index (χ0n) is 13.9. The lowest BCUT2D eigenvalue weighted by atomic mass is 10.1. The number of H-pyrrole nitrogens is 2. The smallest absolute Gasteiger partial charge is 0.223 e. The number of imidazole rings is 1. The van der Waals surface area contributed by atoms with E-state index < -0.39 is 0 Å². The van der Waals surface area contributed by atoms with Crippen molar-refractivity contribution in [2.45, 2.75) is 19.4 Å². The summed E-state index contributed by atoms with van der Waals surface area (Å²) in [5.74, 6) is 1.33. The molecule has 5 rings (SSSR count). The lowest BCUT2D eigenvalue weighted by Crippen LogP contribution is -2.24. The Labute approximate surface area is 148 Å². The third-order valence-electron chi connectivity index (χ3n) is 4.69. The maximum Gasteiger partial charge on any atom is 0.223 e. The van der Waals surface area contributed by atoms with Crippen molar-refractivity contribution in [2.75, 3.05) is 5.73 Å². The van der Waals surface area contributed by atoms with E-state index in [2.05, 4.69) is 30.5 Å². The molecule has 3 aromatic heterocycles. The molecule has 0 atom stereocenters. The van der Waals surface area contributed by atoms with E-state index in [9.17, 15) is 4.79 Å². The number of nitrogens with two attached hydrogens (primary N) is 1. The molecule has 1 amide bonds. The van der Waals surface area contributed by atoms with Crippen molar-refractivity contribution in [1.82, 2.24) is 30.5 Å². The number of aromatic amines is 2. The molecule has 0 aliphatic heterocycles. The van der Waals surface area contributed by atoms with E-state index in [1.807, 2.05) is 24.3 Å². The van der Waals surface area contributed by atoms with Gasteiger partial charge in [0.05, 0.1) is 17.8 Å². The van der Waals surface area contributed by atoms with Crippen molar-refractivity contribution in [3.05, 3.63) is 36.3 Å². The molecule has 0 bridgehead atoms. The fourth-order valence-corrected chi connectivity index (χ4v) is 3.14. The van der Waals surface area contributed by atoms with E-state index in [4.69, 9.17) is 5.73 Å². The third-order valence-corrected chi connectivity index (χ3v) is 4.69. The first kappa shape index (κ1) is 14.9. The lowest BCUT2D eigenvalue weighted by molar-refractivity contribution is -0.122. The van der Waals surface area contributed by atoms with Crippen molar-refractivity contribution in [3.63, 3.8) is 0 Å². The van der Waals surface area contributed by atoms with Gasteiger partial charge in [0, 0.05) is 23.1 Å². The predicted octanol–water partition coefficient (Wildman–Crippen LogP) is 2.11. The second-order valence-electron chi connectivity index (χ2n) is 6.60. The Morgan fingerprint density at radius 1 is 1.27 bits per heavy atom. The Morgan fingerprint density at radius 3 is 2.92 bits per heavy atom. The highest BCUT2D eigenvalue weighted by Gasteiger charge is 2.29. The molecule has 1 saturated carbocycles. The summed E-state index contributed by atoms with van der Waals surface area (Å²) in [5, 5.41) is 10.7. The molecule has 1 aromatic carbocycles. The first-order chi connectivity index (χ1) is 12.7. The highest BCUT2D eigenvalue weighted by molar-refractivity contribution is 6.07. The number of nitrogens with zero attached hydrogens (tertiary/aromatic N) is 3. The van der Waals surface area contributed by atoms with E-state index >= 15 is 0 Å². The lowest BCUT2D eigenvalue weighted by Gasteiger charge is -2.03. The van der Waals surface area contributed by atoms with Crippen molar-refractivity contribution >= 4 is 33.7 Å². The standard InChI is InChI=1S/C18H17N7O/c19-17-16-15(23-14(24-16)8-20-18(26)9-1-2-9)11-4-3-10(7-13(11)22-17)12-5-6-21-25-12/h3-7,9H,1-2,8H2,(H2,19,22)(H,20,26)(H,21,25)(H,23,24). The molecule has 4 aromatic rings. The summed E-state index contributed by atoms with van der Waals surface area (Å²) in [5.41, 5.74) is 10.2. The predicted molar refractivity (Wildman–Crippen MR) is 98.0 cm³/mol. The molecule has 0 radical (unpaired) electrons. The number of pyridine rings is 1. The quantitative estimate of drug-likeness (QED) is 0.450. The van der Waals surface area contributed by atoms with Crippen molar-refractivity contribution < 1.29 is 4.79 Å². The molecular weight excluding hydrogens is 330 g/mol. The van der Waals surface area contributed by atoms with Gasteiger partial charge in [0.15, 0.2) is 0 Å². The zero-order valence-corrected chi connectivity index (χ0v) is 13.9. The van der Waals surface area contributed by atoms with Gasteiger partial charge >= 0.3 is 0 Å². The number of carbonyl (C=O) groups is 1. The number of nitrogens with one attached hydrogen (secondary N) is 3. The van der Waals surface area contributed by atoms with Gasteiger partial charge in [-0.15, -0.1) is 0 Å². The van der Waals surface area contributed by atoms with Crippen LogP contribution in [0.5, 0.6) is 0 Å². The van der Waals surface area contributed by atoms with Gasteiger partial charge in [-0.3, -0.25) is 9.89 Å². The summed E-state index contributed by atoms with van der Waals surface area (Å²) in [6.45, 7) is 0.358. The Hall–Kier alpha value is -3.42. The van der Waals surface area contributed by atoms with Crippen LogP contribution in [0.3, 0.4) is 0 Å². The number of benzene rings is 1. The van der Waals surface area contributed by atoms with Crippen LogP contribution in [0, 0.1) is 5.92 Å². The Morgan fingerprint density at radius 2 is 2.15 bits per heavy atom. The van der Waals surface area contributed by atoms with Gasteiger partial charge in [0.1, 0.15) is 22.7 Å². The summed E-state index contributed by atoms with van der Waals surface area (Å²) in [6.07, 6.45) is 3.67. The largest absolute Gasteiger partial charge is 0.382 e. The fourth-order valence-electron chi connectivity index (χ4n) is 3.14. The second kappa shape index (κ2) is 5.55. The second-order valence-corrected chi connectivity index (χ2v) is 6.60. The van der Waals surface area contributed by atoms with Crippen LogP contribution in [-0.4, -0.2) is 31.1 Å². The van der Waals surface area contributed by atoms with Crippen molar-refractivity contribution in [1.29, 1.82) is 0 Å². The van der Waals surface area contributed by atoms with Gasteiger partial charge < -0.3 is 16.0 Å². The molecule has 0 saturated heterocycles. The van der Waals surface area contributed by atoms with Gasteiger partial charge in [-0.05, 0) is 31.0 Å². The molecule has 26 heavy (non-hydrogen) atoms. The van der Waals surface area contributed by atoms with Gasteiger partial charge in [-0.2, -0.15) is 5.10 Å². The molecule has 130 valence electrons. The number of amides is 1. The number of carbonyl (C=O) groups excluding carboxylic acids is 1. The summed E-state index contributed by atoms with van der Waals surface area (Å²) < 4.78 is 0. The first-order valence-corrected chi connectivity index (χ1v) is 8.54. The minimum Gasteiger partial charge on any atom is -0.382 e. The molecule has 0 unspecified atom stereocenters. The maximum absolute atomic E-state index is 11.8. The fraction of sp³-hybridized carbons (Fsp3) is 0.222. The van der Waals surface area contributed by atoms with E-state index in [-0.39, 0.29) is 11.8 Å². The minimum atomic E-state index is 0.0885. The van der Waals surface area contributed by atoms with E-state index in [1.54, 1.807) is 6.20 Å². The first-order valence-electron chi connectivity index (χ1n) is 8.54. The van der Waals surface area contributed by atoms with Crippen LogP contribution in [0.4, 0.5) is 5.82 Å². The minimum absolute atomic E-state index is 0.0885. The Bertz CT molecular complexity index is 1130. The van der Waals surface area contributed by atoms with E-state index in [0.717, 1.165) is 40.5 Å². The Balaban J connectivity index is 1.54. The van der Waals surface area contributed by atoms with Gasteiger partial charge in [-0.1, -0.05) is 6.07 Å². The van der Waals surface area contributed by atoms with Gasteiger partial charge in [0.2, 0.25) is 5.91 Å². The number of rotatable bonds is 4. The highest BCUT2D eigenvalue weighted by atomic mass is 16.2. The van der Waals surface area contributed by atoms with Crippen LogP contribution in [-0.2, 0) is 11.3 Å². The number of anilines is 1. The van der Waals surface area contributed by atoms with Crippen LogP contribution in [0.2, 0.25) is 0 Å². The molecule has 8 nitrogen and oxygen atoms in total. The van der Waals surface area contributed by atoms with Crippen LogP contribution in [0.25, 0.3) is 33.2 Å². The average molecular weight is 347 g/mol. The van der Waals surface area contributed by atoms with E-state index in [1.165, 1.54) is 0 Å². The van der Waals surface area contributed by atoms with Crippen LogP contribution in [0.15, 0.2) is 30.5 Å². The molecule has 5 N–H and O–H groups in total. The zero-order chi connectivity index (χ0) is 17.7. The molecule has 8 heteroatoms. The molecule has 1 fully saturated rings. The number of aromatic nitrogens is 5. The summed E-state index contributed by atoms with van der Waals surface area (Å²) >= 11 is 0. The van der Waals surface area contributed by atoms with Gasteiger partial charge in [-0.25, -0.2) is 9.97 Å². The maximum atomic E-state index is 11.8. The molecule has 3 heterocycles. The van der Waals surface area contributed by atoms with Crippen LogP contribution < -0.4 is 11.1 Å². The third kappa shape index (κ3) is 2.46. The average Bonchev–Trinajstić information content (AvgIpc) is 3.18. The van der Waals surface area contributed by atoms with Crippen LogP contribution >= 0.6 is 0 Å². The number of nitrogen functional groups attached to an aromatic ring is 1. The Kier molecular flexibility index (Phi) is 3.18. The molecular formula is C18H17N7O. The van der Waals surface area contributed by atoms with Crippen LogP contribution in [0.1, 0.15) is 18.7 Å². The van der Waals surface area contributed by atoms with Crippen molar-refractivity contribution in [2.24, 2.45) is 5.92 Å². The molecule has 1 aliphatic rings. The monoisotopic (exact) mass is 347 g/mol. The highest BCUT2D eigenvalue weighted by Crippen LogP contribution is 2.30. The summed E-state index contributed by atoms with van der Waals surface area (Å²) in [6, 6.07) is 7.84. The van der Waals surface area contributed by atoms with E-state index in [0.29, 0.717) is 23.7 Å². The number of hydrogen-bond acceptors (Lipinski definition) is 5.